The number of carbonyl (C=O) groups excluding carboxylic acids is 1. The van der Waals surface area contributed by atoms with Crippen LogP contribution in [0.4, 0.5) is 4.79 Å². The number of likely N-dealkylation sites (tertiary alicyclic amines) is 1. The van der Waals surface area contributed by atoms with E-state index in [0.717, 1.165) is 21.9 Å². The number of hydrogen-bond acceptors (Lipinski definition) is 4. The molecule has 0 unspecified atom stereocenters. The van der Waals surface area contributed by atoms with Gasteiger partial charge in [-0.05, 0) is 49.1 Å². The Morgan fingerprint density at radius 1 is 1.18 bits per heavy atom. The third-order valence-corrected chi connectivity index (χ3v) is 5.01. The molecule has 1 fully saturated rings. The largest absolute Gasteiger partial charge is 0.480 e. The lowest BCUT2D eigenvalue weighted by atomic mass is 9.84. The second-order valence-corrected chi connectivity index (χ2v) is 8.14. The number of hydrogen-bond donors (Lipinski definition) is 1. The lowest BCUT2D eigenvalue weighted by Gasteiger charge is -2.29. The summed E-state index contributed by atoms with van der Waals surface area (Å²) >= 11 is 0. The van der Waals surface area contributed by atoms with E-state index in [1.54, 1.807) is 27.9 Å². The zero-order chi connectivity index (χ0) is 20.5. The van der Waals surface area contributed by atoms with Crippen molar-refractivity contribution in [1.29, 1.82) is 0 Å². The molecule has 0 aliphatic carbocycles. The Morgan fingerprint density at radius 2 is 1.89 bits per heavy atom. The van der Waals surface area contributed by atoms with E-state index < -0.39 is 23.7 Å². The smallest absolute Gasteiger partial charge is 0.411 e. The molecule has 0 spiro atoms. The van der Waals surface area contributed by atoms with Crippen molar-refractivity contribution >= 4 is 22.8 Å². The highest BCUT2D eigenvalue weighted by Gasteiger charge is 2.45. The molecule has 2 atom stereocenters. The fourth-order valence-corrected chi connectivity index (χ4v) is 3.99. The van der Waals surface area contributed by atoms with E-state index in [0.29, 0.717) is 19.6 Å². The molecule has 1 aliphatic rings. The quantitative estimate of drug-likeness (QED) is 0.855. The van der Waals surface area contributed by atoms with Crippen molar-refractivity contribution in [3.05, 3.63) is 47.5 Å². The van der Waals surface area contributed by atoms with Crippen molar-refractivity contribution in [3.8, 4) is 0 Å². The van der Waals surface area contributed by atoms with E-state index in [1.807, 2.05) is 36.4 Å². The van der Waals surface area contributed by atoms with Crippen molar-refractivity contribution in [2.45, 2.75) is 51.4 Å². The molecular weight excluding hydrogens is 358 g/mol. The minimum atomic E-state index is -1.02. The van der Waals surface area contributed by atoms with Gasteiger partial charge in [-0.1, -0.05) is 36.4 Å². The monoisotopic (exact) mass is 385 g/mol. The number of methoxy groups -OCH3 is 1. The molecule has 0 bridgehead atoms. The number of carbonyl (C=O) groups is 2. The number of benzene rings is 2. The van der Waals surface area contributed by atoms with Crippen molar-refractivity contribution in [2.24, 2.45) is 0 Å². The summed E-state index contributed by atoms with van der Waals surface area (Å²) in [5, 5.41) is 12.0. The Balaban J connectivity index is 2.06. The first kappa shape index (κ1) is 20.1. The van der Waals surface area contributed by atoms with E-state index in [4.69, 9.17) is 9.47 Å². The minimum Gasteiger partial charge on any atom is -0.480 e. The number of rotatable bonds is 4. The molecule has 1 saturated heterocycles. The van der Waals surface area contributed by atoms with Gasteiger partial charge in [-0.2, -0.15) is 0 Å². The zero-order valence-corrected chi connectivity index (χ0v) is 16.8. The zero-order valence-electron chi connectivity index (χ0n) is 16.8. The molecule has 0 radical (unpaired) electrons. The number of carboxylic acid groups (broad SMARTS) is 1. The number of amides is 1. The number of fused-ring (bicyclic) bond motifs is 1. The number of nitrogens with zero attached hydrogens (tertiary/aromatic N) is 1. The third kappa shape index (κ3) is 3.97. The summed E-state index contributed by atoms with van der Waals surface area (Å²) in [5.41, 5.74) is 1.21. The average Bonchev–Trinajstić information content (AvgIpc) is 3.05. The van der Waals surface area contributed by atoms with Crippen LogP contribution in [0, 0.1) is 0 Å². The van der Waals surface area contributed by atoms with Gasteiger partial charge < -0.3 is 14.6 Å². The Bertz CT molecular complexity index is 886. The van der Waals surface area contributed by atoms with Crippen molar-refractivity contribution in [1.82, 2.24) is 4.90 Å². The van der Waals surface area contributed by atoms with Crippen LogP contribution in [-0.2, 0) is 20.9 Å². The van der Waals surface area contributed by atoms with E-state index in [1.165, 1.54) is 4.90 Å². The summed E-state index contributed by atoms with van der Waals surface area (Å²) in [6, 6.07) is 10.9. The maximum atomic E-state index is 12.6. The molecule has 2 aromatic rings. The summed E-state index contributed by atoms with van der Waals surface area (Å²) in [7, 11) is 1.62. The SMILES string of the molecule is COCc1ccc2ccccc2c1[C@@H]1CCN(C(=O)OC(C)(C)C)[C@H]1C(=O)O. The molecule has 1 N–H and O–H groups in total. The summed E-state index contributed by atoms with van der Waals surface area (Å²) in [6.45, 7) is 6.04. The van der Waals surface area contributed by atoms with Crippen LogP contribution < -0.4 is 0 Å². The lowest BCUT2D eigenvalue weighted by molar-refractivity contribution is -0.142. The number of ether oxygens (including phenoxy) is 2. The first-order valence-electron chi connectivity index (χ1n) is 9.45. The molecule has 6 heteroatoms. The molecule has 28 heavy (non-hydrogen) atoms. The number of aliphatic carboxylic acids is 1. The molecule has 0 saturated carbocycles. The lowest BCUT2D eigenvalue weighted by Crippen LogP contribution is -2.45. The van der Waals surface area contributed by atoms with E-state index in [-0.39, 0.29) is 5.92 Å². The van der Waals surface area contributed by atoms with Gasteiger partial charge in [-0.25, -0.2) is 9.59 Å². The van der Waals surface area contributed by atoms with Gasteiger partial charge in [-0.15, -0.1) is 0 Å². The van der Waals surface area contributed by atoms with Crippen LogP contribution in [0.3, 0.4) is 0 Å². The molecule has 2 aromatic carbocycles. The van der Waals surface area contributed by atoms with Crippen LogP contribution in [0.1, 0.15) is 44.2 Å². The molecule has 1 heterocycles. The van der Waals surface area contributed by atoms with Crippen LogP contribution in [0.25, 0.3) is 10.8 Å². The van der Waals surface area contributed by atoms with Gasteiger partial charge in [0.1, 0.15) is 11.6 Å². The highest BCUT2D eigenvalue weighted by Crippen LogP contribution is 2.40. The van der Waals surface area contributed by atoms with Crippen molar-refractivity contribution in [3.63, 3.8) is 0 Å². The van der Waals surface area contributed by atoms with Gasteiger partial charge in [0.05, 0.1) is 6.61 Å². The van der Waals surface area contributed by atoms with Gasteiger partial charge in [0.2, 0.25) is 0 Å². The second kappa shape index (κ2) is 7.80. The maximum Gasteiger partial charge on any atom is 0.411 e. The Labute approximate surface area is 165 Å². The van der Waals surface area contributed by atoms with Gasteiger partial charge >= 0.3 is 12.1 Å². The van der Waals surface area contributed by atoms with Crippen molar-refractivity contribution in [2.75, 3.05) is 13.7 Å². The van der Waals surface area contributed by atoms with Gasteiger partial charge in [0.15, 0.2) is 0 Å². The molecule has 3 rings (SSSR count). The van der Waals surface area contributed by atoms with E-state index >= 15 is 0 Å². The first-order valence-corrected chi connectivity index (χ1v) is 9.45. The number of carboxylic acids is 1. The molecule has 1 aliphatic heterocycles. The highest BCUT2D eigenvalue weighted by molar-refractivity contribution is 5.89. The summed E-state index contributed by atoms with van der Waals surface area (Å²) in [6.07, 6.45) is -0.0306. The maximum absolute atomic E-state index is 12.6. The standard InChI is InChI=1S/C22H27NO5/c1-22(2,3)28-21(26)23-12-11-17(19(23)20(24)25)18-15(13-27-4)10-9-14-7-5-6-8-16(14)18/h5-10,17,19H,11-13H2,1-4H3,(H,24,25)/t17-,19+/m0/s1. The molecule has 1 amide bonds. The van der Waals surface area contributed by atoms with Crippen LogP contribution in [0.15, 0.2) is 36.4 Å². The Hall–Kier alpha value is -2.60. The van der Waals surface area contributed by atoms with Crippen LogP contribution in [0.2, 0.25) is 0 Å². The third-order valence-electron chi connectivity index (χ3n) is 5.01. The van der Waals surface area contributed by atoms with Crippen LogP contribution in [-0.4, -0.2) is 47.4 Å². The van der Waals surface area contributed by atoms with E-state index in [2.05, 4.69) is 0 Å². The summed E-state index contributed by atoms with van der Waals surface area (Å²) in [4.78, 5) is 26.2. The Morgan fingerprint density at radius 3 is 2.54 bits per heavy atom. The minimum absolute atomic E-state index is 0.332. The second-order valence-electron chi connectivity index (χ2n) is 8.14. The van der Waals surface area contributed by atoms with Gasteiger partial charge in [0.25, 0.3) is 0 Å². The normalized spacial score (nSPS) is 19.8. The van der Waals surface area contributed by atoms with Crippen LogP contribution in [0.5, 0.6) is 0 Å². The molecule has 150 valence electrons. The van der Waals surface area contributed by atoms with E-state index in [9.17, 15) is 14.7 Å². The highest BCUT2D eigenvalue weighted by atomic mass is 16.6. The van der Waals surface area contributed by atoms with Gasteiger partial charge in [-0.3, -0.25) is 4.90 Å². The molecule has 6 nitrogen and oxygen atoms in total. The predicted molar refractivity (Wildman–Crippen MR) is 106 cm³/mol. The summed E-state index contributed by atoms with van der Waals surface area (Å²) in [5.74, 6) is -1.36. The van der Waals surface area contributed by atoms with Crippen LogP contribution >= 0.6 is 0 Å². The average molecular weight is 385 g/mol. The summed E-state index contributed by atoms with van der Waals surface area (Å²) < 4.78 is 10.8. The predicted octanol–water partition coefficient (Wildman–Crippen LogP) is 4.16. The molecular formula is C22H27NO5. The fraction of sp³-hybridized carbons (Fsp3) is 0.455. The molecule has 0 aromatic heterocycles. The van der Waals surface area contributed by atoms with Gasteiger partial charge in [0, 0.05) is 19.6 Å². The van der Waals surface area contributed by atoms with Crippen molar-refractivity contribution < 1.29 is 24.2 Å². The first-order chi connectivity index (χ1) is 13.2. The fourth-order valence-electron chi connectivity index (χ4n) is 3.99. The Kier molecular flexibility index (Phi) is 5.61. The topological polar surface area (TPSA) is 76.1 Å².